The van der Waals surface area contributed by atoms with Crippen molar-refractivity contribution in [3.63, 3.8) is 0 Å². The van der Waals surface area contributed by atoms with Gasteiger partial charge in [0, 0.05) is 50.0 Å². The second-order valence-electron chi connectivity index (χ2n) is 5.93. The molecule has 3 heterocycles. The van der Waals surface area contributed by atoms with Crippen LogP contribution in [0.4, 0.5) is 0 Å². The zero-order chi connectivity index (χ0) is 17.8. The summed E-state index contributed by atoms with van der Waals surface area (Å²) in [6.45, 7) is 1.52. The minimum absolute atomic E-state index is 0.0783. The van der Waals surface area contributed by atoms with Gasteiger partial charge in [-0.05, 0) is 17.5 Å². The molecule has 2 aliphatic rings. The monoisotopic (exact) mass is 361 g/mol. The van der Waals surface area contributed by atoms with Gasteiger partial charge in [-0.3, -0.25) is 24.1 Å². The van der Waals surface area contributed by atoms with Gasteiger partial charge in [-0.2, -0.15) is 0 Å². The van der Waals surface area contributed by atoms with E-state index in [4.69, 9.17) is 0 Å². The summed E-state index contributed by atoms with van der Waals surface area (Å²) < 4.78 is 0. The molecule has 0 bridgehead atoms. The van der Waals surface area contributed by atoms with Gasteiger partial charge in [-0.1, -0.05) is 6.07 Å². The van der Waals surface area contributed by atoms with Gasteiger partial charge < -0.3 is 9.80 Å². The molecule has 0 aliphatic carbocycles. The van der Waals surface area contributed by atoms with Crippen molar-refractivity contribution in [1.82, 2.24) is 14.7 Å². The molecule has 4 amide bonds. The van der Waals surface area contributed by atoms with Crippen molar-refractivity contribution in [2.45, 2.75) is 12.8 Å². The van der Waals surface area contributed by atoms with Crippen molar-refractivity contribution in [2.24, 2.45) is 0 Å². The fraction of sp³-hybridized carbons (Fsp3) is 0.412. The number of thiophene rings is 1. The highest BCUT2D eigenvalue weighted by Gasteiger charge is 2.32. The summed E-state index contributed by atoms with van der Waals surface area (Å²) >= 11 is 1.56. The number of amides is 4. The molecule has 3 rings (SSSR count). The Morgan fingerprint density at radius 1 is 1.04 bits per heavy atom. The molecule has 8 heteroatoms. The number of imide groups is 1. The van der Waals surface area contributed by atoms with E-state index in [0.29, 0.717) is 26.2 Å². The van der Waals surface area contributed by atoms with Gasteiger partial charge in [0.15, 0.2) is 0 Å². The van der Waals surface area contributed by atoms with Crippen LogP contribution in [0.15, 0.2) is 23.6 Å². The summed E-state index contributed by atoms with van der Waals surface area (Å²) in [7, 11) is 0. The summed E-state index contributed by atoms with van der Waals surface area (Å²) in [5.74, 6) is -0.896. The molecule has 0 aromatic carbocycles. The number of hydrogen-bond donors (Lipinski definition) is 0. The van der Waals surface area contributed by atoms with Crippen LogP contribution in [-0.4, -0.2) is 71.1 Å². The quantitative estimate of drug-likeness (QED) is 0.581. The molecule has 0 saturated carbocycles. The molecule has 0 spiro atoms. The van der Waals surface area contributed by atoms with Crippen LogP contribution in [-0.2, 0) is 19.2 Å². The number of nitrogens with zero attached hydrogens (tertiary/aromatic N) is 3. The van der Waals surface area contributed by atoms with Crippen molar-refractivity contribution >= 4 is 41.0 Å². The molecular formula is C17H19N3O4S. The molecule has 1 aromatic rings. The lowest BCUT2D eigenvalue weighted by Gasteiger charge is -2.34. The fourth-order valence-corrected chi connectivity index (χ4v) is 3.47. The first-order chi connectivity index (χ1) is 12.0. The van der Waals surface area contributed by atoms with Crippen molar-refractivity contribution in [2.75, 3.05) is 32.7 Å². The van der Waals surface area contributed by atoms with Gasteiger partial charge in [0.2, 0.25) is 23.6 Å². The number of carbonyl (C=O) groups is 4. The third kappa shape index (κ3) is 4.14. The predicted molar refractivity (Wildman–Crippen MR) is 92.5 cm³/mol. The van der Waals surface area contributed by atoms with Crippen LogP contribution in [0.2, 0.25) is 0 Å². The largest absolute Gasteiger partial charge is 0.338 e. The summed E-state index contributed by atoms with van der Waals surface area (Å²) in [5, 5.41) is 1.95. The molecule has 2 saturated heterocycles. The highest BCUT2D eigenvalue weighted by atomic mass is 32.1. The number of rotatable bonds is 4. The SMILES string of the molecule is O=C(/C=C/c1cccs1)N1CCN(C(=O)CN2C(=O)CCC2=O)CC1. The van der Waals surface area contributed by atoms with E-state index in [9.17, 15) is 19.2 Å². The second-order valence-corrected chi connectivity index (χ2v) is 6.91. The topological polar surface area (TPSA) is 78.0 Å². The Kier molecular flexibility index (Phi) is 5.28. The Labute approximate surface area is 149 Å². The Morgan fingerprint density at radius 2 is 1.68 bits per heavy atom. The van der Waals surface area contributed by atoms with Crippen molar-refractivity contribution < 1.29 is 19.2 Å². The van der Waals surface area contributed by atoms with Gasteiger partial charge >= 0.3 is 0 Å². The lowest BCUT2D eigenvalue weighted by molar-refractivity contribution is -0.146. The minimum Gasteiger partial charge on any atom is -0.338 e. The van der Waals surface area contributed by atoms with E-state index in [1.165, 1.54) is 0 Å². The Balaban J connectivity index is 1.48. The van der Waals surface area contributed by atoms with Crippen LogP contribution < -0.4 is 0 Å². The lowest BCUT2D eigenvalue weighted by atomic mass is 10.3. The Hall–Kier alpha value is -2.48. The normalized spacial score (nSPS) is 18.5. The first-order valence-corrected chi connectivity index (χ1v) is 9.04. The van der Waals surface area contributed by atoms with E-state index in [1.54, 1.807) is 33.3 Å². The highest BCUT2D eigenvalue weighted by Crippen LogP contribution is 2.13. The molecule has 2 aliphatic heterocycles. The minimum atomic E-state index is -0.286. The first kappa shape index (κ1) is 17.3. The van der Waals surface area contributed by atoms with Crippen molar-refractivity contribution in [1.29, 1.82) is 0 Å². The molecule has 7 nitrogen and oxygen atoms in total. The summed E-state index contributed by atoms with van der Waals surface area (Å²) in [5.41, 5.74) is 0. The molecule has 0 N–H and O–H groups in total. The number of hydrogen-bond acceptors (Lipinski definition) is 5. The van der Waals surface area contributed by atoms with Crippen LogP contribution in [0.1, 0.15) is 17.7 Å². The number of piperazine rings is 1. The molecule has 132 valence electrons. The van der Waals surface area contributed by atoms with Gasteiger partial charge in [-0.25, -0.2) is 0 Å². The molecule has 0 radical (unpaired) electrons. The number of carbonyl (C=O) groups excluding carboxylic acids is 4. The van der Waals surface area contributed by atoms with Gasteiger partial charge in [0.05, 0.1) is 0 Å². The third-order valence-corrected chi connectivity index (χ3v) is 5.16. The fourth-order valence-electron chi connectivity index (χ4n) is 2.86. The molecule has 2 fully saturated rings. The maximum Gasteiger partial charge on any atom is 0.246 e. The maximum atomic E-state index is 12.3. The van der Waals surface area contributed by atoms with E-state index in [0.717, 1.165) is 9.78 Å². The van der Waals surface area contributed by atoms with Gasteiger partial charge in [0.25, 0.3) is 0 Å². The van der Waals surface area contributed by atoms with E-state index in [1.807, 2.05) is 17.5 Å². The first-order valence-electron chi connectivity index (χ1n) is 8.16. The average Bonchev–Trinajstić information content (AvgIpc) is 3.25. The van der Waals surface area contributed by atoms with E-state index in [-0.39, 0.29) is 43.0 Å². The van der Waals surface area contributed by atoms with Gasteiger partial charge in [-0.15, -0.1) is 11.3 Å². The molecule has 25 heavy (non-hydrogen) atoms. The molecular weight excluding hydrogens is 342 g/mol. The number of likely N-dealkylation sites (tertiary alicyclic amines) is 1. The van der Waals surface area contributed by atoms with Crippen LogP contribution >= 0.6 is 11.3 Å². The van der Waals surface area contributed by atoms with E-state index in [2.05, 4.69) is 0 Å². The predicted octanol–water partition coefficient (Wildman–Crippen LogP) is 0.581. The van der Waals surface area contributed by atoms with Crippen molar-refractivity contribution in [3.8, 4) is 0 Å². The van der Waals surface area contributed by atoms with Crippen LogP contribution in [0, 0.1) is 0 Å². The standard InChI is InChI=1S/C17H19N3O4S/c21-14(4-3-13-2-1-11-25-13)18-7-9-19(10-8-18)17(24)12-20-15(22)5-6-16(20)23/h1-4,11H,5-10,12H2/b4-3+. The zero-order valence-electron chi connectivity index (χ0n) is 13.7. The lowest BCUT2D eigenvalue weighted by Crippen LogP contribution is -2.52. The maximum absolute atomic E-state index is 12.3. The molecule has 0 atom stereocenters. The second kappa shape index (κ2) is 7.60. The Morgan fingerprint density at radius 3 is 2.28 bits per heavy atom. The smallest absolute Gasteiger partial charge is 0.246 e. The zero-order valence-corrected chi connectivity index (χ0v) is 14.5. The molecule has 0 unspecified atom stereocenters. The van der Waals surface area contributed by atoms with E-state index < -0.39 is 0 Å². The summed E-state index contributed by atoms with van der Waals surface area (Å²) in [6, 6.07) is 3.86. The van der Waals surface area contributed by atoms with Crippen LogP contribution in [0.5, 0.6) is 0 Å². The third-order valence-electron chi connectivity index (χ3n) is 4.33. The van der Waals surface area contributed by atoms with Crippen molar-refractivity contribution in [3.05, 3.63) is 28.5 Å². The average molecular weight is 361 g/mol. The van der Waals surface area contributed by atoms with Gasteiger partial charge in [0.1, 0.15) is 6.54 Å². The summed E-state index contributed by atoms with van der Waals surface area (Å²) in [6.07, 6.45) is 3.70. The Bertz CT molecular complexity index is 689. The highest BCUT2D eigenvalue weighted by molar-refractivity contribution is 7.10. The molecule has 1 aromatic heterocycles. The summed E-state index contributed by atoms with van der Waals surface area (Å²) in [4.78, 5) is 53.0. The van der Waals surface area contributed by atoms with E-state index >= 15 is 0 Å². The van der Waals surface area contributed by atoms with Crippen LogP contribution in [0.3, 0.4) is 0 Å². The van der Waals surface area contributed by atoms with Crippen LogP contribution in [0.25, 0.3) is 6.08 Å².